The topological polar surface area (TPSA) is 64.6 Å². The van der Waals surface area contributed by atoms with Gasteiger partial charge in [-0.25, -0.2) is 9.59 Å². The molecule has 0 atom stereocenters. The summed E-state index contributed by atoms with van der Waals surface area (Å²) in [6.07, 6.45) is 1.03. The second kappa shape index (κ2) is 8.54. The van der Waals surface area contributed by atoms with Crippen molar-refractivity contribution in [3.8, 4) is 0 Å². The number of hydrogen-bond acceptors (Lipinski definition) is 5. The summed E-state index contributed by atoms with van der Waals surface area (Å²) in [6.45, 7) is 3.72. The molecule has 0 aliphatic rings. The summed E-state index contributed by atoms with van der Waals surface area (Å²) in [6, 6.07) is 4.72. The Bertz CT molecular complexity index is 558. The van der Waals surface area contributed by atoms with E-state index in [-0.39, 0.29) is 18.9 Å². The summed E-state index contributed by atoms with van der Waals surface area (Å²) in [7, 11) is 0. The number of carbonyl (C=O) groups excluding carboxylic acids is 2. The summed E-state index contributed by atoms with van der Waals surface area (Å²) in [5.74, 6) is -1.32. The van der Waals surface area contributed by atoms with E-state index >= 15 is 0 Å². The number of halogens is 2. The van der Waals surface area contributed by atoms with Crippen LogP contribution in [0, 0.1) is 0 Å². The van der Waals surface area contributed by atoms with Crippen LogP contribution in [0.4, 0.5) is 5.69 Å². The van der Waals surface area contributed by atoms with Crippen LogP contribution in [-0.4, -0.2) is 25.2 Å². The monoisotopic (exact) mass is 331 g/mol. The van der Waals surface area contributed by atoms with Gasteiger partial charge in [0.25, 0.3) is 0 Å². The zero-order chi connectivity index (χ0) is 15.8. The molecule has 0 aliphatic carbocycles. The molecule has 0 aromatic heterocycles. The molecule has 21 heavy (non-hydrogen) atoms. The minimum absolute atomic E-state index is 0.0475. The Balaban J connectivity index is 2.98. The van der Waals surface area contributed by atoms with Crippen LogP contribution in [0.2, 0.25) is 10.0 Å². The molecule has 1 aromatic rings. The molecule has 0 saturated carbocycles. The fraction of sp³-hybridized carbons (Fsp3) is 0.286. The molecule has 0 saturated heterocycles. The molecular formula is C14H15Cl2NO4. The van der Waals surface area contributed by atoms with E-state index in [0.717, 1.165) is 6.08 Å². The maximum absolute atomic E-state index is 11.8. The maximum atomic E-state index is 11.8. The highest BCUT2D eigenvalue weighted by atomic mass is 35.5. The zero-order valence-electron chi connectivity index (χ0n) is 11.6. The van der Waals surface area contributed by atoms with Gasteiger partial charge >= 0.3 is 11.9 Å². The molecule has 0 heterocycles. The van der Waals surface area contributed by atoms with Gasteiger partial charge in [0.15, 0.2) is 0 Å². The Morgan fingerprint density at radius 2 is 1.81 bits per heavy atom. The van der Waals surface area contributed by atoms with Gasteiger partial charge in [-0.15, -0.1) is 0 Å². The van der Waals surface area contributed by atoms with E-state index < -0.39 is 11.9 Å². The highest BCUT2D eigenvalue weighted by Crippen LogP contribution is 2.25. The summed E-state index contributed by atoms with van der Waals surface area (Å²) in [4.78, 5) is 23.3. The molecular weight excluding hydrogens is 317 g/mol. The highest BCUT2D eigenvalue weighted by molar-refractivity contribution is 6.42. The molecule has 0 spiro atoms. The molecule has 0 unspecified atom stereocenters. The summed E-state index contributed by atoms with van der Waals surface area (Å²) in [5, 5.41) is 3.47. The number of esters is 2. The smallest absolute Gasteiger partial charge is 0.355 e. The predicted octanol–water partition coefficient (Wildman–Crippen LogP) is 3.42. The SMILES string of the molecule is CCOC(=O)C=C(Nc1ccc(Cl)c(Cl)c1)C(=O)OCC. The second-order valence-corrected chi connectivity index (χ2v) is 4.60. The highest BCUT2D eigenvalue weighted by Gasteiger charge is 2.14. The van der Waals surface area contributed by atoms with Crippen LogP contribution in [0.5, 0.6) is 0 Å². The molecule has 5 nitrogen and oxygen atoms in total. The predicted molar refractivity (Wildman–Crippen MR) is 81.4 cm³/mol. The Morgan fingerprint density at radius 3 is 2.38 bits per heavy atom. The Labute approximate surface area is 132 Å². The van der Waals surface area contributed by atoms with Crippen molar-refractivity contribution < 1.29 is 19.1 Å². The third kappa shape index (κ3) is 5.65. The van der Waals surface area contributed by atoms with Gasteiger partial charge in [-0.05, 0) is 32.0 Å². The first kappa shape index (κ1) is 17.3. The number of nitrogens with one attached hydrogen (secondary N) is 1. The minimum Gasteiger partial charge on any atom is -0.463 e. The van der Waals surface area contributed by atoms with Crippen LogP contribution in [0.1, 0.15) is 13.8 Å². The van der Waals surface area contributed by atoms with Gasteiger partial charge in [0.1, 0.15) is 5.70 Å². The van der Waals surface area contributed by atoms with Gasteiger partial charge in [0.2, 0.25) is 0 Å². The van der Waals surface area contributed by atoms with Crippen molar-refractivity contribution >= 4 is 40.8 Å². The lowest BCUT2D eigenvalue weighted by Gasteiger charge is -2.10. The number of anilines is 1. The van der Waals surface area contributed by atoms with E-state index in [0.29, 0.717) is 15.7 Å². The van der Waals surface area contributed by atoms with Gasteiger partial charge in [-0.2, -0.15) is 0 Å². The average molecular weight is 332 g/mol. The van der Waals surface area contributed by atoms with Crippen molar-refractivity contribution in [2.45, 2.75) is 13.8 Å². The van der Waals surface area contributed by atoms with E-state index in [1.54, 1.807) is 26.0 Å². The maximum Gasteiger partial charge on any atom is 0.355 e. The van der Waals surface area contributed by atoms with Crippen molar-refractivity contribution in [2.75, 3.05) is 18.5 Å². The lowest BCUT2D eigenvalue weighted by Crippen LogP contribution is -2.17. The fourth-order valence-corrected chi connectivity index (χ4v) is 1.68. The first-order valence-corrected chi connectivity index (χ1v) is 7.01. The summed E-state index contributed by atoms with van der Waals surface area (Å²) >= 11 is 11.7. The van der Waals surface area contributed by atoms with Crippen molar-refractivity contribution in [2.24, 2.45) is 0 Å². The lowest BCUT2D eigenvalue weighted by atomic mass is 10.3. The normalized spacial score (nSPS) is 11.0. The van der Waals surface area contributed by atoms with E-state index in [1.165, 1.54) is 6.07 Å². The third-order valence-electron chi connectivity index (χ3n) is 2.24. The van der Waals surface area contributed by atoms with Crippen LogP contribution in [0.15, 0.2) is 30.0 Å². The molecule has 0 aliphatic heterocycles. The molecule has 114 valence electrons. The molecule has 1 N–H and O–H groups in total. The molecule has 0 radical (unpaired) electrons. The third-order valence-corrected chi connectivity index (χ3v) is 2.98. The largest absolute Gasteiger partial charge is 0.463 e. The number of benzene rings is 1. The van der Waals surface area contributed by atoms with Crippen molar-refractivity contribution in [3.05, 3.63) is 40.0 Å². The van der Waals surface area contributed by atoms with Crippen molar-refractivity contribution in [1.82, 2.24) is 0 Å². The standard InChI is InChI=1S/C14H15Cl2NO4/c1-3-20-13(18)8-12(14(19)21-4-2)17-9-5-6-10(15)11(16)7-9/h5-8,17H,3-4H2,1-2H3. The molecule has 0 bridgehead atoms. The Morgan fingerprint density at radius 1 is 1.14 bits per heavy atom. The molecule has 1 rings (SSSR count). The first-order chi connectivity index (χ1) is 9.97. The molecule has 7 heteroatoms. The van der Waals surface area contributed by atoms with Crippen LogP contribution in [0.3, 0.4) is 0 Å². The Kier molecular flexibility index (Phi) is 7.05. The summed E-state index contributed by atoms with van der Waals surface area (Å²) in [5.41, 5.74) is 0.446. The van der Waals surface area contributed by atoms with Crippen molar-refractivity contribution in [3.63, 3.8) is 0 Å². The van der Waals surface area contributed by atoms with Crippen LogP contribution in [0.25, 0.3) is 0 Å². The lowest BCUT2D eigenvalue weighted by molar-refractivity contribution is -0.140. The molecule has 0 fully saturated rings. The second-order valence-electron chi connectivity index (χ2n) is 3.78. The summed E-state index contributed by atoms with van der Waals surface area (Å²) < 4.78 is 9.64. The van der Waals surface area contributed by atoms with E-state index in [1.807, 2.05) is 0 Å². The average Bonchev–Trinajstić information content (AvgIpc) is 2.42. The van der Waals surface area contributed by atoms with Crippen molar-refractivity contribution in [1.29, 1.82) is 0 Å². The van der Waals surface area contributed by atoms with E-state index in [4.69, 9.17) is 32.7 Å². The van der Waals surface area contributed by atoms with Gasteiger partial charge < -0.3 is 14.8 Å². The number of rotatable bonds is 6. The van der Waals surface area contributed by atoms with Crippen LogP contribution < -0.4 is 5.32 Å². The zero-order valence-corrected chi connectivity index (χ0v) is 13.1. The number of carbonyl (C=O) groups is 2. The fourth-order valence-electron chi connectivity index (χ4n) is 1.39. The Hall–Kier alpha value is -1.72. The van der Waals surface area contributed by atoms with Crippen LogP contribution in [-0.2, 0) is 19.1 Å². The van der Waals surface area contributed by atoms with Crippen LogP contribution >= 0.6 is 23.2 Å². The number of hydrogen-bond donors (Lipinski definition) is 1. The van der Waals surface area contributed by atoms with Gasteiger partial charge in [0.05, 0.1) is 29.3 Å². The molecule has 0 amide bonds. The van der Waals surface area contributed by atoms with Gasteiger partial charge in [-0.3, -0.25) is 0 Å². The quantitative estimate of drug-likeness (QED) is 0.639. The van der Waals surface area contributed by atoms with Gasteiger partial charge in [0, 0.05) is 5.69 Å². The van der Waals surface area contributed by atoms with Gasteiger partial charge in [-0.1, -0.05) is 23.2 Å². The van der Waals surface area contributed by atoms with E-state index in [2.05, 4.69) is 5.32 Å². The number of ether oxygens (including phenoxy) is 2. The first-order valence-electron chi connectivity index (χ1n) is 6.25. The van der Waals surface area contributed by atoms with E-state index in [9.17, 15) is 9.59 Å². The minimum atomic E-state index is -0.670. The molecule has 1 aromatic carbocycles.